The van der Waals surface area contributed by atoms with E-state index in [1.54, 1.807) is 19.5 Å². The molecule has 0 spiro atoms. The van der Waals surface area contributed by atoms with E-state index in [0.29, 0.717) is 11.1 Å². The highest BCUT2D eigenvalue weighted by Gasteiger charge is 2.26. The van der Waals surface area contributed by atoms with Crippen molar-refractivity contribution in [2.45, 2.75) is 11.3 Å². The molecule has 2 unspecified atom stereocenters. The Hall–Kier alpha value is -0.460. The third-order valence-electron chi connectivity index (χ3n) is 2.44. The predicted molar refractivity (Wildman–Crippen MR) is 69.1 cm³/mol. The quantitative estimate of drug-likeness (QED) is 0.881. The topological polar surface area (TPSA) is 61.0 Å². The lowest BCUT2D eigenvalue weighted by Gasteiger charge is -2.26. The molecule has 1 fully saturated rings. The van der Waals surface area contributed by atoms with Crippen molar-refractivity contribution in [3.8, 4) is 5.88 Å². The predicted octanol–water partition coefficient (Wildman–Crippen LogP) is 1.33. The molecule has 4 nitrogen and oxygen atoms in total. The molecule has 0 aromatic carbocycles. The Bertz CT molecular complexity index is 345. The maximum atomic E-state index is 6.23. The molecule has 1 aromatic rings. The number of rotatable bonds is 3. The van der Waals surface area contributed by atoms with E-state index in [2.05, 4.69) is 9.97 Å². The molecule has 1 aliphatic rings. The molecule has 0 aliphatic carbocycles. The fourth-order valence-electron chi connectivity index (χ4n) is 1.61. The first-order chi connectivity index (χ1) is 7.83. The van der Waals surface area contributed by atoms with E-state index in [-0.39, 0.29) is 6.04 Å². The second-order valence-electron chi connectivity index (χ2n) is 3.46. The second-order valence-corrected chi connectivity index (χ2v) is 5.96. The van der Waals surface area contributed by atoms with Crippen LogP contribution < -0.4 is 10.5 Å². The number of nitrogens with zero attached hydrogens (tertiary/aromatic N) is 2. The van der Waals surface area contributed by atoms with Gasteiger partial charge in [-0.2, -0.15) is 23.5 Å². The van der Waals surface area contributed by atoms with Crippen LogP contribution in [0.5, 0.6) is 5.88 Å². The number of nitrogens with two attached hydrogens (primary N) is 1. The number of ether oxygens (including phenoxy) is 1. The van der Waals surface area contributed by atoms with Crippen molar-refractivity contribution in [3.63, 3.8) is 0 Å². The summed E-state index contributed by atoms with van der Waals surface area (Å²) in [7, 11) is 1.60. The van der Waals surface area contributed by atoms with Crippen molar-refractivity contribution in [2.75, 3.05) is 24.4 Å². The molecule has 88 valence electrons. The molecule has 0 saturated carbocycles. The van der Waals surface area contributed by atoms with Gasteiger partial charge in [0.2, 0.25) is 5.88 Å². The molecule has 1 saturated heterocycles. The SMILES string of the molecule is COc1nccnc1C(N)C1CSCCS1. The normalized spacial score (nSPS) is 22.8. The summed E-state index contributed by atoms with van der Waals surface area (Å²) >= 11 is 3.87. The maximum Gasteiger partial charge on any atom is 0.237 e. The second kappa shape index (κ2) is 5.75. The molecule has 1 aromatic heterocycles. The summed E-state index contributed by atoms with van der Waals surface area (Å²) in [6.45, 7) is 0. The number of hydrogen-bond donors (Lipinski definition) is 1. The highest BCUT2D eigenvalue weighted by Crippen LogP contribution is 2.33. The maximum absolute atomic E-state index is 6.23. The van der Waals surface area contributed by atoms with Crippen molar-refractivity contribution in [3.05, 3.63) is 18.1 Å². The summed E-state index contributed by atoms with van der Waals surface area (Å²) in [5.41, 5.74) is 7.00. The summed E-state index contributed by atoms with van der Waals surface area (Å²) in [5, 5.41) is 0.407. The summed E-state index contributed by atoms with van der Waals surface area (Å²) < 4.78 is 5.19. The van der Waals surface area contributed by atoms with Gasteiger partial charge in [-0.15, -0.1) is 0 Å². The molecule has 2 atom stereocenters. The minimum atomic E-state index is -0.0959. The lowest BCUT2D eigenvalue weighted by atomic mass is 10.1. The van der Waals surface area contributed by atoms with Gasteiger partial charge in [0.15, 0.2) is 0 Å². The molecule has 0 radical (unpaired) electrons. The van der Waals surface area contributed by atoms with Crippen LogP contribution in [0.1, 0.15) is 11.7 Å². The smallest absolute Gasteiger partial charge is 0.237 e. The average Bonchev–Trinajstić information content (AvgIpc) is 2.39. The van der Waals surface area contributed by atoms with Gasteiger partial charge >= 0.3 is 0 Å². The molecule has 0 amide bonds. The molecule has 16 heavy (non-hydrogen) atoms. The Balaban J connectivity index is 2.15. The number of hydrogen-bond acceptors (Lipinski definition) is 6. The lowest BCUT2D eigenvalue weighted by Crippen LogP contribution is -2.30. The standard InChI is InChI=1S/C10H15N3OS2/c1-14-10-9(12-2-3-13-10)8(11)7-6-15-4-5-16-7/h2-3,7-8H,4-6,11H2,1H3. The molecule has 6 heteroatoms. The molecule has 2 rings (SSSR count). The summed E-state index contributed by atoms with van der Waals surface area (Å²) in [6, 6.07) is -0.0959. The zero-order valence-electron chi connectivity index (χ0n) is 9.13. The van der Waals surface area contributed by atoms with Crippen molar-refractivity contribution in [1.82, 2.24) is 9.97 Å². The largest absolute Gasteiger partial charge is 0.480 e. The van der Waals surface area contributed by atoms with Gasteiger partial charge in [0, 0.05) is 34.9 Å². The minimum Gasteiger partial charge on any atom is -0.480 e. The monoisotopic (exact) mass is 257 g/mol. The fraction of sp³-hybridized carbons (Fsp3) is 0.600. The van der Waals surface area contributed by atoms with Crippen LogP contribution >= 0.6 is 23.5 Å². The van der Waals surface area contributed by atoms with E-state index in [0.717, 1.165) is 17.2 Å². The Morgan fingerprint density at radius 1 is 1.44 bits per heavy atom. The highest BCUT2D eigenvalue weighted by molar-refractivity contribution is 8.06. The number of methoxy groups -OCH3 is 1. The van der Waals surface area contributed by atoms with Crippen LogP contribution in [-0.2, 0) is 0 Å². The Labute approximate surface area is 104 Å². The summed E-state index contributed by atoms with van der Waals surface area (Å²) in [6.07, 6.45) is 3.29. The third-order valence-corrected chi connectivity index (χ3v) is 5.33. The first kappa shape index (κ1) is 12.0. The van der Waals surface area contributed by atoms with E-state index in [4.69, 9.17) is 10.5 Å². The van der Waals surface area contributed by atoms with Crippen LogP contribution in [0.2, 0.25) is 0 Å². The van der Waals surface area contributed by atoms with Gasteiger partial charge in [0.05, 0.1) is 13.2 Å². The third kappa shape index (κ3) is 2.61. The minimum absolute atomic E-state index is 0.0959. The van der Waals surface area contributed by atoms with E-state index in [1.807, 2.05) is 23.5 Å². The van der Waals surface area contributed by atoms with Gasteiger partial charge in [-0.25, -0.2) is 4.98 Å². The van der Waals surface area contributed by atoms with E-state index in [9.17, 15) is 0 Å². The average molecular weight is 257 g/mol. The molecular weight excluding hydrogens is 242 g/mol. The first-order valence-corrected chi connectivity index (χ1v) is 7.33. The molecular formula is C10H15N3OS2. The van der Waals surface area contributed by atoms with Crippen molar-refractivity contribution < 1.29 is 4.74 Å². The van der Waals surface area contributed by atoms with Gasteiger partial charge in [0.1, 0.15) is 5.69 Å². The van der Waals surface area contributed by atoms with Gasteiger partial charge in [-0.3, -0.25) is 4.98 Å². The van der Waals surface area contributed by atoms with Crippen LogP contribution in [0.25, 0.3) is 0 Å². The van der Waals surface area contributed by atoms with Gasteiger partial charge in [-0.05, 0) is 0 Å². The van der Waals surface area contributed by atoms with E-state index < -0.39 is 0 Å². The Morgan fingerprint density at radius 2 is 2.25 bits per heavy atom. The van der Waals surface area contributed by atoms with E-state index >= 15 is 0 Å². The highest BCUT2D eigenvalue weighted by atomic mass is 32.2. The van der Waals surface area contributed by atoms with Crippen LogP contribution in [0, 0.1) is 0 Å². The Kier molecular flexibility index (Phi) is 4.31. The van der Waals surface area contributed by atoms with Crippen LogP contribution in [0.15, 0.2) is 12.4 Å². The van der Waals surface area contributed by atoms with Crippen LogP contribution in [-0.4, -0.2) is 39.6 Å². The zero-order chi connectivity index (χ0) is 11.4. The van der Waals surface area contributed by atoms with Crippen LogP contribution in [0.4, 0.5) is 0 Å². The van der Waals surface area contributed by atoms with Gasteiger partial charge in [0.25, 0.3) is 0 Å². The van der Waals surface area contributed by atoms with Crippen molar-refractivity contribution in [1.29, 1.82) is 0 Å². The number of thioether (sulfide) groups is 2. The summed E-state index contributed by atoms with van der Waals surface area (Å²) in [4.78, 5) is 8.42. The first-order valence-electron chi connectivity index (χ1n) is 5.12. The molecule has 1 aliphatic heterocycles. The Morgan fingerprint density at radius 3 is 2.94 bits per heavy atom. The molecule has 2 N–H and O–H groups in total. The molecule has 2 heterocycles. The number of aromatic nitrogens is 2. The van der Waals surface area contributed by atoms with Gasteiger partial charge < -0.3 is 10.5 Å². The van der Waals surface area contributed by atoms with Crippen molar-refractivity contribution >= 4 is 23.5 Å². The zero-order valence-corrected chi connectivity index (χ0v) is 10.8. The lowest BCUT2D eigenvalue weighted by molar-refractivity contribution is 0.384. The van der Waals surface area contributed by atoms with Gasteiger partial charge in [-0.1, -0.05) is 0 Å². The van der Waals surface area contributed by atoms with Crippen LogP contribution in [0.3, 0.4) is 0 Å². The van der Waals surface area contributed by atoms with E-state index in [1.165, 1.54) is 5.75 Å². The fourth-order valence-corrected chi connectivity index (χ4v) is 4.39. The summed E-state index contributed by atoms with van der Waals surface area (Å²) in [5.74, 6) is 3.99. The molecule has 0 bridgehead atoms. The van der Waals surface area contributed by atoms with Crippen molar-refractivity contribution in [2.24, 2.45) is 5.73 Å².